The van der Waals surface area contributed by atoms with Crippen LogP contribution in [0.2, 0.25) is 0 Å². The number of hydrogen-bond acceptors (Lipinski definition) is 4. The number of thioether (sulfide) groups is 1. The summed E-state index contributed by atoms with van der Waals surface area (Å²) in [6, 6.07) is -0.370. The van der Waals surface area contributed by atoms with Crippen molar-refractivity contribution in [2.75, 3.05) is 31.1 Å². The maximum atomic E-state index is 12.3. The minimum Gasteiger partial charge on any atom is -0.353 e. The summed E-state index contributed by atoms with van der Waals surface area (Å²) in [7, 11) is 0. The first-order valence-electron chi connectivity index (χ1n) is 8.45. The number of carbonyl (C=O) groups excluding carboxylic acids is 1. The number of rotatable bonds is 6. The molecule has 130 valence electrons. The zero-order valence-electron chi connectivity index (χ0n) is 14.0. The molecule has 1 saturated heterocycles. The molecule has 2 unspecified atom stereocenters. The summed E-state index contributed by atoms with van der Waals surface area (Å²) in [5.41, 5.74) is 6.25. The molecule has 4 nitrogen and oxygen atoms in total. The summed E-state index contributed by atoms with van der Waals surface area (Å²) >= 11 is 2.04. The van der Waals surface area contributed by atoms with Crippen LogP contribution in [0.25, 0.3) is 0 Å². The Balaban J connectivity index is 0.00000242. The molecule has 0 aromatic rings. The molecule has 0 spiro atoms. The van der Waals surface area contributed by atoms with Crippen molar-refractivity contribution in [3.05, 3.63) is 0 Å². The van der Waals surface area contributed by atoms with Gasteiger partial charge >= 0.3 is 0 Å². The molecule has 2 rings (SSSR count). The Hall–Kier alpha value is 0.0300. The lowest BCUT2D eigenvalue weighted by molar-refractivity contribution is -0.124. The maximum absolute atomic E-state index is 12.3. The number of nitrogens with one attached hydrogen (secondary N) is 1. The van der Waals surface area contributed by atoms with Crippen molar-refractivity contribution < 1.29 is 4.79 Å². The number of hydrogen-bond donors (Lipinski definition) is 2. The van der Waals surface area contributed by atoms with E-state index in [4.69, 9.17) is 5.73 Å². The van der Waals surface area contributed by atoms with E-state index in [1.54, 1.807) is 0 Å². The van der Waals surface area contributed by atoms with Gasteiger partial charge in [-0.05, 0) is 18.8 Å². The van der Waals surface area contributed by atoms with Crippen molar-refractivity contribution in [1.29, 1.82) is 0 Å². The summed E-state index contributed by atoms with van der Waals surface area (Å²) < 4.78 is 0. The number of nitrogens with two attached hydrogens (primary N) is 1. The molecule has 0 aromatic heterocycles. The summed E-state index contributed by atoms with van der Waals surface area (Å²) in [5.74, 6) is 2.72. The smallest absolute Gasteiger partial charge is 0.237 e. The van der Waals surface area contributed by atoms with Gasteiger partial charge in [0, 0.05) is 36.7 Å². The van der Waals surface area contributed by atoms with Crippen LogP contribution in [0.5, 0.6) is 0 Å². The Kier molecular flexibility index (Phi) is 8.54. The third kappa shape index (κ3) is 4.76. The van der Waals surface area contributed by atoms with Crippen LogP contribution in [0.15, 0.2) is 0 Å². The third-order valence-corrected chi connectivity index (χ3v) is 6.31. The van der Waals surface area contributed by atoms with Gasteiger partial charge in [0.25, 0.3) is 0 Å². The Morgan fingerprint density at radius 1 is 1.32 bits per heavy atom. The summed E-state index contributed by atoms with van der Waals surface area (Å²) in [6.45, 7) is 7.25. The van der Waals surface area contributed by atoms with E-state index >= 15 is 0 Å². The normalized spacial score (nSPS) is 24.3. The molecule has 3 N–H and O–H groups in total. The first kappa shape index (κ1) is 20.1. The second-order valence-corrected chi connectivity index (χ2v) is 7.88. The number of amides is 1. The fourth-order valence-electron chi connectivity index (χ4n) is 3.56. The molecule has 0 bridgehead atoms. The van der Waals surface area contributed by atoms with E-state index in [9.17, 15) is 4.79 Å². The number of nitrogens with zero attached hydrogens (tertiary/aromatic N) is 1. The Morgan fingerprint density at radius 2 is 1.91 bits per heavy atom. The zero-order valence-corrected chi connectivity index (χ0v) is 15.6. The lowest BCUT2D eigenvalue weighted by Crippen LogP contribution is -2.58. The molecule has 22 heavy (non-hydrogen) atoms. The summed E-state index contributed by atoms with van der Waals surface area (Å²) in [4.78, 5) is 14.9. The van der Waals surface area contributed by atoms with E-state index < -0.39 is 0 Å². The van der Waals surface area contributed by atoms with E-state index in [1.165, 1.54) is 37.2 Å². The van der Waals surface area contributed by atoms with Crippen LogP contribution in [-0.4, -0.2) is 53.5 Å². The highest BCUT2D eigenvalue weighted by molar-refractivity contribution is 7.99. The predicted molar refractivity (Wildman–Crippen MR) is 97.8 cm³/mol. The summed E-state index contributed by atoms with van der Waals surface area (Å²) in [6.07, 6.45) is 5.96. The third-order valence-electron chi connectivity index (χ3n) is 5.37. The van der Waals surface area contributed by atoms with Crippen LogP contribution in [0.3, 0.4) is 0 Å². The minimum absolute atomic E-state index is 0. The number of halogens is 1. The van der Waals surface area contributed by atoms with Gasteiger partial charge < -0.3 is 11.1 Å². The highest BCUT2D eigenvalue weighted by atomic mass is 35.5. The van der Waals surface area contributed by atoms with Gasteiger partial charge in [-0.3, -0.25) is 9.69 Å². The van der Waals surface area contributed by atoms with Crippen molar-refractivity contribution in [2.24, 2.45) is 11.7 Å². The highest BCUT2D eigenvalue weighted by Gasteiger charge is 2.40. The molecule has 1 heterocycles. The van der Waals surface area contributed by atoms with Crippen molar-refractivity contribution in [1.82, 2.24) is 10.2 Å². The standard InChI is InChI=1S/C16H31N3OS.ClH/c1-3-13(2)14(17)15(20)18-12-16(6-4-5-7-16)19-8-10-21-11-9-19;/h13-14H,3-12,17H2,1-2H3,(H,18,20);1H. The molecule has 6 heteroatoms. The predicted octanol–water partition coefficient (Wildman–Crippen LogP) is 2.26. The van der Waals surface area contributed by atoms with Crippen LogP contribution in [0.4, 0.5) is 0 Å². The van der Waals surface area contributed by atoms with Crippen molar-refractivity contribution >= 4 is 30.1 Å². The van der Waals surface area contributed by atoms with Crippen molar-refractivity contribution in [2.45, 2.75) is 57.5 Å². The highest BCUT2D eigenvalue weighted by Crippen LogP contribution is 2.36. The lowest BCUT2D eigenvalue weighted by atomic mass is 9.93. The average Bonchev–Trinajstić information content (AvgIpc) is 3.02. The van der Waals surface area contributed by atoms with Gasteiger partial charge in [0.2, 0.25) is 5.91 Å². The Morgan fingerprint density at radius 3 is 2.45 bits per heavy atom. The lowest BCUT2D eigenvalue weighted by Gasteiger charge is -2.43. The molecule has 2 fully saturated rings. The second kappa shape index (κ2) is 9.36. The van der Waals surface area contributed by atoms with Crippen LogP contribution >= 0.6 is 24.2 Å². The molecule has 1 aliphatic heterocycles. The SMILES string of the molecule is CCC(C)C(N)C(=O)NCC1(N2CCSCC2)CCCC1.Cl. The Labute approximate surface area is 145 Å². The molecular weight excluding hydrogens is 318 g/mol. The van der Waals surface area contributed by atoms with Gasteiger partial charge in [-0.25, -0.2) is 0 Å². The van der Waals surface area contributed by atoms with Gasteiger partial charge in [-0.1, -0.05) is 33.1 Å². The second-order valence-electron chi connectivity index (χ2n) is 6.66. The largest absolute Gasteiger partial charge is 0.353 e. The topological polar surface area (TPSA) is 58.4 Å². The van der Waals surface area contributed by atoms with E-state index in [0.717, 1.165) is 26.1 Å². The van der Waals surface area contributed by atoms with Gasteiger partial charge in [0.1, 0.15) is 0 Å². The first-order valence-corrected chi connectivity index (χ1v) is 9.60. The fraction of sp³-hybridized carbons (Fsp3) is 0.938. The van der Waals surface area contributed by atoms with Gasteiger partial charge in [-0.15, -0.1) is 12.4 Å². The molecule has 2 aliphatic rings. The van der Waals surface area contributed by atoms with E-state index in [-0.39, 0.29) is 35.8 Å². The quantitative estimate of drug-likeness (QED) is 0.772. The van der Waals surface area contributed by atoms with Gasteiger partial charge in [0.05, 0.1) is 6.04 Å². The van der Waals surface area contributed by atoms with E-state index in [0.29, 0.717) is 0 Å². The molecule has 0 radical (unpaired) electrons. The fourth-order valence-corrected chi connectivity index (χ4v) is 4.46. The Bertz CT molecular complexity index is 344. The van der Waals surface area contributed by atoms with E-state index in [2.05, 4.69) is 24.1 Å². The van der Waals surface area contributed by atoms with Crippen LogP contribution in [0, 0.1) is 5.92 Å². The molecule has 2 atom stereocenters. The molecular formula is C16H32ClN3OS. The van der Waals surface area contributed by atoms with Crippen molar-refractivity contribution in [3.8, 4) is 0 Å². The van der Waals surface area contributed by atoms with Gasteiger partial charge in [0.15, 0.2) is 0 Å². The van der Waals surface area contributed by atoms with Crippen LogP contribution < -0.4 is 11.1 Å². The van der Waals surface area contributed by atoms with E-state index in [1.807, 2.05) is 11.8 Å². The zero-order chi connectivity index (χ0) is 15.3. The van der Waals surface area contributed by atoms with Crippen molar-refractivity contribution in [3.63, 3.8) is 0 Å². The maximum Gasteiger partial charge on any atom is 0.237 e. The number of carbonyl (C=O) groups is 1. The molecule has 1 amide bonds. The molecule has 0 aromatic carbocycles. The summed E-state index contributed by atoms with van der Waals surface area (Å²) in [5, 5.41) is 3.17. The monoisotopic (exact) mass is 349 g/mol. The minimum atomic E-state index is -0.370. The van der Waals surface area contributed by atoms with Gasteiger partial charge in [-0.2, -0.15) is 11.8 Å². The molecule has 1 aliphatic carbocycles. The van der Waals surface area contributed by atoms with Crippen LogP contribution in [0.1, 0.15) is 46.0 Å². The van der Waals surface area contributed by atoms with Crippen LogP contribution in [-0.2, 0) is 4.79 Å². The molecule has 1 saturated carbocycles. The average molecular weight is 350 g/mol. The first-order chi connectivity index (χ1) is 10.1.